The van der Waals surface area contributed by atoms with Gasteiger partial charge in [0.25, 0.3) is 0 Å². The van der Waals surface area contributed by atoms with E-state index in [1.54, 1.807) is 12.1 Å². The van der Waals surface area contributed by atoms with E-state index < -0.39 is 23.1 Å². The summed E-state index contributed by atoms with van der Waals surface area (Å²) < 4.78 is 13.1. The first-order valence-electron chi connectivity index (χ1n) is 7.12. The van der Waals surface area contributed by atoms with Crippen LogP contribution in [0.15, 0.2) is 18.2 Å². The van der Waals surface area contributed by atoms with Gasteiger partial charge in [0.05, 0.1) is 10.9 Å². The van der Waals surface area contributed by atoms with Crippen molar-refractivity contribution in [2.45, 2.75) is 26.2 Å². The molecule has 2 aliphatic carbocycles. The van der Waals surface area contributed by atoms with Crippen molar-refractivity contribution in [1.29, 1.82) is 0 Å². The number of carbonyl (C=O) groups is 2. The smallest absolute Gasteiger partial charge is 0.307 e. The molecule has 5 heteroatoms. The molecule has 0 saturated heterocycles. The molecule has 3 nitrogen and oxygen atoms in total. The summed E-state index contributed by atoms with van der Waals surface area (Å²) in [6.45, 7) is 1.88. The van der Waals surface area contributed by atoms with Gasteiger partial charge in [-0.1, -0.05) is 24.6 Å². The van der Waals surface area contributed by atoms with Crippen molar-refractivity contribution in [3.8, 4) is 0 Å². The first-order valence-corrected chi connectivity index (χ1v) is 7.50. The Morgan fingerprint density at radius 2 is 2.24 bits per heavy atom. The van der Waals surface area contributed by atoms with Gasteiger partial charge in [-0.15, -0.1) is 0 Å². The lowest BCUT2D eigenvalue weighted by atomic mass is 9.86. The summed E-state index contributed by atoms with van der Waals surface area (Å²) in [4.78, 5) is 23.8. The van der Waals surface area contributed by atoms with Crippen LogP contribution < -0.4 is 0 Å². The van der Waals surface area contributed by atoms with E-state index in [-0.39, 0.29) is 22.6 Å². The van der Waals surface area contributed by atoms with Crippen molar-refractivity contribution < 1.29 is 19.1 Å². The number of hydrogen-bond acceptors (Lipinski definition) is 2. The molecule has 1 aromatic carbocycles. The molecular weight excluding hydrogens is 295 g/mol. The fourth-order valence-electron chi connectivity index (χ4n) is 4.17. The Kier molecular flexibility index (Phi) is 3.32. The van der Waals surface area contributed by atoms with Gasteiger partial charge in [0.15, 0.2) is 0 Å². The normalized spacial score (nSPS) is 33.9. The van der Waals surface area contributed by atoms with Crippen LogP contribution in [0.1, 0.15) is 25.3 Å². The third kappa shape index (κ3) is 2.00. The molecule has 4 unspecified atom stereocenters. The predicted molar refractivity (Wildman–Crippen MR) is 75.6 cm³/mol. The van der Waals surface area contributed by atoms with Crippen molar-refractivity contribution >= 4 is 23.4 Å². The van der Waals surface area contributed by atoms with Gasteiger partial charge < -0.3 is 5.11 Å². The van der Waals surface area contributed by atoms with E-state index in [4.69, 9.17) is 11.6 Å². The fourth-order valence-corrected chi connectivity index (χ4v) is 4.37. The Morgan fingerprint density at radius 3 is 2.76 bits per heavy atom. The van der Waals surface area contributed by atoms with Gasteiger partial charge in [-0.3, -0.25) is 9.59 Å². The maximum Gasteiger partial charge on any atom is 0.307 e. The SMILES string of the molecule is CCC12C(=O)C(Cc3ccc(F)c(Cl)c3)CC1C2C(=O)O. The number of carboxylic acids is 1. The summed E-state index contributed by atoms with van der Waals surface area (Å²) in [5, 5.41) is 9.26. The molecule has 3 rings (SSSR count). The quantitative estimate of drug-likeness (QED) is 0.928. The van der Waals surface area contributed by atoms with E-state index in [1.165, 1.54) is 6.07 Å². The average molecular weight is 311 g/mol. The number of ketones is 1. The molecule has 1 N–H and O–H groups in total. The van der Waals surface area contributed by atoms with E-state index in [1.807, 2.05) is 6.92 Å². The molecule has 112 valence electrons. The summed E-state index contributed by atoms with van der Waals surface area (Å²) in [6, 6.07) is 4.47. The van der Waals surface area contributed by atoms with E-state index >= 15 is 0 Å². The molecule has 1 aromatic rings. The van der Waals surface area contributed by atoms with Crippen molar-refractivity contribution in [2.75, 3.05) is 0 Å². The summed E-state index contributed by atoms with van der Waals surface area (Å²) >= 11 is 5.75. The molecule has 4 atom stereocenters. The number of hydrogen-bond donors (Lipinski definition) is 1. The van der Waals surface area contributed by atoms with Crippen molar-refractivity contribution in [3.63, 3.8) is 0 Å². The second-order valence-electron chi connectivity index (χ2n) is 6.07. The number of aliphatic carboxylic acids is 1. The molecule has 0 amide bonds. The van der Waals surface area contributed by atoms with E-state index in [0.717, 1.165) is 5.56 Å². The van der Waals surface area contributed by atoms with Crippen LogP contribution >= 0.6 is 11.6 Å². The predicted octanol–water partition coefficient (Wildman–Crippen LogP) is 3.34. The van der Waals surface area contributed by atoms with Crippen molar-refractivity contribution in [1.82, 2.24) is 0 Å². The lowest BCUT2D eigenvalue weighted by molar-refractivity contribution is -0.142. The molecule has 2 aliphatic rings. The molecular formula is C16H16ClFO3. The Hall–Kier alpha value is -1.42. The molecule has 0 aliphatic heterocycles. The highest BCUT2D eigenvalue weighted by molar-refractivity contribution is 6.30. The van der Waals surface area contributed by atoms with Gasteiger partial charge in [0.1, 0.15) is 11.6 Å². The lowest BCUT2D eigenvalue weighted by Gasteiger charge is -2.16. The van der Waals surface area contributed by atoms with Crippen LogP contribution in [0.4, 0.5) is 4.39 Å². The monoisotopic (exact) mass is 310 g/mol. The highest BCUT2D eigenvalue weighted by Gasteiger charge is 2.75. The van der Waals surface area contributed by atoms with E-state index in [9.17, 15) is 19.1 Å². The van der Waals surface area contributed by atoms with Gasteiger partial charge in [-0.25, -0.2) is 4.39 Å². The molecule has 0 radical (unpaired) electrons. The zero-order chi connectivity index (χ0) is 15.4. The van der Waals surface area contributed by atoms with Crippen LogP contribution in [0.2, 0.25) is 5.02 Å². The van der Waals surface area contributed by atoms with Crippen LogP contribution in [0.5, 0.6) is 0 Å². The fraction of sp³-hybridized carbons (Fsp3) is 0.500. The summed E-state index contributed by atoms with van der Waals surface area (Å²) in [5.41, 5.74) is 0.166. The number of carbonyl (C=O) groups excluding carboxylic acids is 1. The summed E-state index contributed by atoms with van der Waals surface area (Å²) in [7, 11) is 0. The Bertz CT molecular complexity index is 630. The molecule has 0 spiro atoms. The van der Waals surface area contributed by atoms with Gasteiger partial charge in [-0.05, 0) is 42.9 Å². The number of Topliss-reactive ketones (excluding diaryl/α,β-unsaturated/α-hetero) is 1. The lowest BCUT2D eigenvalue weighted by Crippen LogP contribution is -2.26. The van der Waals surface area contributed by atoms with Crippen LogP contribution in [-0.4, -0.2) is 16.9 Å². The van der Waals surface area contributed by atoms with Crippen molar-refractivity contribution in [2.24, 2.45) is 23.2 Å². The molecule has 2 saturated carbocycles. The van der Waals surface area contributed by atoms with Gasteiger partial charge >= 0.3 is 5.97 Å². The molecule has 0 bridgehead atoms. The number of halogens is 2. The molecule has 21 heavy (non-hydrogen) atoms. The van der Waals surface area contributed by atoms with Gasteiger partial charge in [0.2, 0.25) is 0 Å². The number of rotatable bonds is 4. The minimum absolute atomic E-state index is 0.0339. The molecule has 2 fully saturated rings. The highest BCUT2D eigenvalue weighted by atomic mass is 35.5. The zero-order valence-electron chi connectivity index (χ0n) is 11.6. The largest absolute Gasteiger partial charge is 0.481 e. The topological polar surface area (TPSA) is 54.4 Å². The first kappa shape index (κ1) is 14.5. The Labute approximate surface area is 127 Å². The van der Waals surface area contributed by atoms with Crippen LogP contribution in [0, 0.1) is 29.0 Å². The zero-order valence-corrected chi connectivity index (χ0v) is 12.4. The Morgan fingerprint density at radius 1 is 1.52 bits per heavy atom. The standard InChI is InChI=1S/C16H16ClFO3/c1-2-16-10(13(16)15(20)21)7-9(14(16)19)5-8-3-4-12(18)11(17)6-8/h3-4,6,9-10,13H,2,5,7H2,1H3,(H,20,21). The Balaban J connectivity index is 1.77. The minimum atomic E-state index is -0.863. The van der Waals surface area contributed by atoms with E-state index in [0.29, 0.717) is 19.3 Å². The summed E-state index contributed by atoms with van der Waals surface area (Å²) in [6.07, 6.45) is 1.69. The maximum atomic E-state index is 13.1. The molecule has 0 aromatic heterocycles. The molecule has 0 heterocycles. The first-order chi connectivity index (χ1) is 9.91. The number of carboxylic acid groups (broad SMARTS) is 1. The van der Waals surface area contributed by atoms with E-state index in [2.05, 4.69) is 0 Å². The van der Waals surface area contributed by atoms with Gasteiger partial charge in [0, 0.05) is 11.3 Å². The van der Waals surface area contributed by atoms with Gasteiger partial charge in [-0.2, -0.15) is 0 Å². The third-order valence-corrected chi connectivity index (χ3v) is 5.48. The second-order valence-corrected chi connectivity index (χ2v) is 6.47. The minimum Gasteiger partial charge on any atom is -0.481 e. The highest BCUT2D eigenvalue weighted by Crippen LogP contribution is 2.69. The van der Waals surface area contributed by atoms with Crippen LogP contribution in [-0.2, 0) is 16.0 Å². The third-order valence-electron chi connectivity index (χ3n) is 5.20. The second kappa shape index (κ2) is 4.80. The maximum absolute atomic E-state index is 13.1. The number of fused-ring (bicyclic) bond motifs is 1. The van der Waals surface area contributed by atoms with Crippen LogP contribution in [0.25, 0.3) is 0 Å². The summed E-state index contributed by atoms with van der Waals surface area (Å²) in [5.74, 6) is -2.00. The average Bonchev–Trinajstić information content (AvgIpc) is 3.02. The van der Waals surface area contributed by atoms with Crippen LogP contribution in [0.3, 0.4) is 0 Å². The van der Waals surface area contributed by atoms with Crippen molar-refractivity contribution in [3.05, 3.63) is 34.6 Å². The number of benzene rings is 1.